The number of hydrogen-bond donors (Lipinski definition) is 1. The molecule has 2 saturated carbocycles. The maximum absolute atomic E-state index is 11.0. The van der Waals surface area contributed by atoms with E-state index in [1.807, 2.05) is 81.0 Å². The molecule has 0 bridgehead atoms. The van der Waals surface area contributed by atoms with Gasteiger partial charge in [0.05, 0.1) is 6.10 Å². The zero-order valence-electron chi connectivity index (χ0n) is 18.2. The van der Waals surface area contributed by atoms with E-state index in [4.69, 9.17) is 0 Å². The van der Waals surface area contributed by atoms with Crippen molar-refractivity contribution in [3.8, 4) is 0 Å². The second-order valence-corrected chi connectivity index (χ2v) is 9.33. The van der Waals surface area contributed by atoms with E-state index in [0.717, 1.165) is 11.5 Å². The molecule has 0 spiro atoms. The van der Waals surface area contributed by atoms with Crippen LogP contribution in [0.25, 0.3) is 0 Å². The van der Waals surface area contributed by atoms with Crippen LogP contribution >= 0.6 is 7.92 Å². The average molecular weight is 487 g/mol. The van der Waals surface area contributed by atoms with Crippen LogP contribution in [0.4, 0.5) is 0 Å². The molecular formula is C29H25BFeOP. The Hall–Kier alpha value is -1.37. The van der Waals surface area contributed by atoms with Crippen LogP contribution in [0, 0.1) is 62.9 Å². The topological polar surface area (TPSA) is 20.2 Å². The molecular weight excluding hydrogens is 462 g/mol. The van der Waals surface area contributed by atoms with Crippen LogP contribution in [0.15, 0.2) is 91.0 Å². The third-order valence-electron chi connectivity index (χ3n) is 5.06. The van der Waals surface area contributed by atoms with E-state index in [1.54, 1.807) is 0 Å². The fraction of sp³-hybridized carbons (Fsp3) is 0.0345. The van der Waals surface area contributed by atoms with Crippen molar-refractivity contribution in [2.45, 2.75) is 6.10 Å². The molecule has 4 heteroatoms. The summed E-state index contributed by atoms with van der Waals surface area (Å²) in [5.41, 5.74) is 2.14. The Morgan fingerprint density at radius 3 is 1.42 bits per heavy atom. The summed E-state index contributed by atoms with van der Waals surface area (Å²) in [5, 5.41) is 13.6. The molecule has 0 heterocycles. The Bertz CT molecular complexity index is 842. The van der Waals surface area contributed by atoms with Gasteiger partial charge in [-0.2, -0.15) is 0 Å². The van der Waals surface area contributed by atoms with Crippen molar-refractivity contribution >= 4 is 26.9 Å². The number of aliphatic hydroxyl groups is 1. The Labute approximate surface area is 214 Å². The third-order valence-corrected chi connectivity index (χ3v) is 7.58. The third kappa shape index (κ3) is 7.56. The second kappa shape index (κ2) is 14.8. The molecule has 1 atom stereocenters. The second-order valence-electron chi connectivity index (χ2n) is 7.15. The normalized spacial score (nSPS) is 16.9. The molecule has 13 radical (unpaired) electrons. The van der Waals surface area contributed by atoms with E-state index < -0.39 is 14.0 Å². The summed E-state index contributed by atoms with van der Waals surface area (Å²) in [4.78, 5) is 0. The molecule has 1 nitrogen and oxygen atoms in total. The Kier molecular flexibility index (Phi) is 12.5. The van der Waals surface area contributed by atoms with Crippen molar-refractivity contribution in [3.05, 3.63) is 160 Å². The van der Waals surface area contributed by atoms with Crippen molar-refractivity contribution in [1.29, 1.82) is 0 Å². The summed E-state index contributed by atoms with van der Waals surface area (Å²) in [6.45, 7) is 0. The minimum Gasteiger partial charge on any atom is -0.388 e. The fourth-order valence-corrected chi connectivity index (χ4v) is 6.06. The van der Waals surface area contributed by atoms with Gasteiger partial charge in [-0.1, -0.05) is 91.0 Å². The Balaban J connectivity index is 0.000000490. The van der Waals surface area contributed by atoms with E-state index in [0.29, 0.717) is 0 Å². The van der Waals surface area contributed by atoms with Crippen LogP contribution in [-0.4, -0.2) is 13.5 Å². The minimum absolute atomic E-state index is 0. The van der Waals surface area contributed by atoms with E-state index in [1.165, 1.54) is 16.3 Å². The predicted octanol–water partition coefficient (Wildman–Crippen LogP) is 5.22. The summed E-state index contributed by atoms with van der Waals surface area (Å²) < 4.78 is 0. The molecule has 3 aromatic rings. The van der Waals surface area contributed by atoms with E-state index in [-0.39, 0.29) is 25.5 Å². The fourth-order valence-electron chi connectivity index (χ4n) is 3.58. The average Bonchev–Trinajstić information content (AvgIpc) is 3.57. The van der Waals surface area contributed by atoms with Gasteiger partial charge in [-0.25, -0.2) is 0 Å². The molecule has 1 N–H and O–H groups in total. The number of rotatable bonds is 5. The molecule has 2 aliphatic rings. The van der Waals surface area contributed by atoms with Gasteiger partial charge in [-0.3, -0.25) is 0 Å². The molecule has 163 valence electrons. The molecule has 5 rings (SSSR count). The maximum atomic E-state index is 11.0. The van der Waals surface area contributed by atoms with Crippen LogP contribution in [0.2, 0.25) is 0 Å². The minimum atomic E-state index is -0.713. The van der Waals surface area contributed by atoms with Crippen LogP contribution in [0.5, 0.6) is 0 Å². The molecule has 2 aliphatic carbocycles. The summed E-state index contributed by atoms with van der Waals surface area (Å²) >= 11 is 0. The van der Waals surface area contributed by atoms with Gasteiger partial charge >= 0.3 is 0 Å². The summed E-state index contributed by atoms with van der Waals surface area (Å²) in [5.74, 6) is 0.995. The van der Waals surface area contributed by atoms with Gasteiger partial charge in [0.2, 0.25) is 0 Å². The van der Waals surface area contributed by atoms with Crippen LogP contribution in [-0.2, 0) is 17.1 Å². The van der Waals surface area contributed by atoms with E-state index in [2.05, 4.69) is 61.4 Å². The van der Waals surface area contributed by atoms with Gasteiger partial charge < -0.3 is 5.11 Å². The zero-order chi connectivity index (χ0) is 21.3. The summed E-state index contributed by atoms with van der Waals surface area (Å²) in [6.07, 6.45) is 15.7. The van der Waals surface area contributed by atoms with Crippen LogP contribution < -0.4 is 10.6 Å². The number of aliphatic hydroxyl groups excluding tert-OH is 1. The molecule has 0 saturated heterocycles. The molecule has 3 aromatic carbocycles. The Morgan fingerprint density at radius 2 is 0.970 bits per heavy atom. The molecule has 0 amide bonds. The van der Waals surface area contributed by atoms with Crippen molar-refractivity contribution < 1.29 is 22.2 Å². The van der Waals surface area contributed by atoms with Gasteiger partial charge in [0, 0.05) is 37.1 Å². The predicted molar refractivity (Wildman–Crippen MR) is 137 cm³/mol. The SMILES string of the molecule is OC([C]1[CH][CH][CH][C]1P(c1ccccc1)c1ccccc1)c1ccccc1.[B].[CH]1[CH][CH][CH][CH]1.[Fe]. The first kappa shape index (κ1) is 27.9. The quantitative estimate of drug-likeness (QED) is 0.387. The van der Waals surface area contributed by atoms with E-state index in [9.17, 15) is 5.11 Å². The molecule has 0 aliphatic heterocycles. The summed E-state index contributed by atoms with van der Waals surface area (Å²) in [6, 6.07) is 31.1. The molecule has 33 heavy (non-hydrogen) atoms. The van der Waals surface area contributed by atoms with Crippen LogP contribution in [0.1, 0.15) is 11.7 Å². The van der Waals surface area contributed by atoms with Gasteiger partial charge in [-0.05, 0) is 75.5 Å². The summed E-state index contributed by atoms with van der Waals surface area (Å²) in [7, 11) is -0.713. The molecule has 0 aromatic heterocycles. The van der Waals surface area contributed by atoms with Crippen LogP contribution in [0.3, 0.4) is 0 Å². The molecule has 1 unspecified atom stereocenters. The first-order valence-corrected chi connectivity index (χ1v) is 11.7. The first-order valence-electron chi connectivity index (χ1n) is 10.4. The maximum Gasteiger partial charge on any atom is 0.0865 e. The van der Waals surface area contributed by atoms with Crippen molar-refractivity contribution in [1.82, 2.24) is 0 Å². The number of hydrogen-bond acceptors (Lipinski definition) is 1. The first-order chi connectivity index (χ1) is 15.3. The van der Waals surface area contributed by atoms with Crippen molar-refractivity contribution in [3.63, 3.8) is 0 Å². The van der Waals surface area contributed by atoms with E-state index >= 15 is 0 Å². The van der Waals surface area contributed by atoms with Gasteiger partial charge in [0.1, 0.15) is 0 Å². The van der Waals surface area contributed by atoms with Gasteiger partial charge in [0.25, 0.3) is 0 Å². The van der Waals surface area contributed by atoms with Gasteiger partial charge in [-0.15, -0.1) is 0 Å². The van der Waals surface area contributed by atoms with Crippen molar-refractivity contribution in [2.24, 2.45) is 0 Å². The number of benzene rings is 3. The monoisotopic (exact) mass is 487 g/mol. The van der Waals surface area contributed by atoms with Gasteiger partial charge in [0.15, 0.2) is 0 Å². The standard InChI is InChI=1S/C24H20OP.C5H5.B.Fe/c25-24(19-11-4-1-5-12-19)22-17-10-18-23(22)26(20-13-6-2-7-14-20)21-15-8-3-9-16-21;1-2-4-5-3-1;;/h1-18,24-25H;1-5H;;. The Morgan fingerprint density at radius 1 is 0.545 bits per heavy atom. The zero-order valence-corrected chi connectivity index (χ0v) is 20.2. The molecule has 2 fully saturated rings. The largest absolute Gasteiger partial charge is 0.388 e. The van der Waals surface area contributed by atoms with Crippen molar-refractivity contribution in [2.75, 3.05) is 0 Å². The smallest absolute Gasteiger partial charge is 0.0865 e.